The monoisotopic (exact) mass is 468 g/mol. The summed E-state index contributed by atoms with van der Waals surface area (Å²) in [5, 5.41) is 3.49. The van der Waals surface area contributed by atoms with Crippen LogP contribution in [0.25, 0.3) is 22.2 Å². The van der Waals surface area contributed by atoms with Crippen molar-refractivity contribution in [2.45, 2.75) is 6.92 Å². The third-order valence-corrected chi connectivity index (χ3v) is 5.44. The Kier molecular flexibility index (Phi) is 5.35. The quantitative estimate of drug-likeness (QED) is 0.350. The number of pyridine rings is 1. The molecule has 6 heteroatoms. The molecule has 1 aromatic heterocycles. The van der Waals surface area contributed by atoms with Gasteiger partial charge in [-0.1, -0.05) is 57.9 Å². The van der Waals surface area contributed by atoms with Crippen LogP contribution in [0.1, 0.15) is 15.9 Å². The van der Waals surface area contributed by atoms with E-state index in [1.54, 1.807) is 6.07 Å². The lowest BCUT2D eigenvalue weighted by molar-refractivity contribution is 0.102. The Bertz CT molecular complexity index is 1240. The maximum Gasteiger partial charge on any atom is 0.256 e. The maximum absolute atomic E-state index is 13.8. The number of nitrogens with zero attached hydrogens (tertiary/aromatic N) is 1. The number of carbonyl (C=O) groups is 1. The van der Waals surface area contributed by atoms with Crippen LogP contribution in [0.5, 0.6) is 0 Å². The Labute approximate surface area is 180 Å². The Balaban J connectivity index is 1.89. The molecule has 0 saturated heterocycles. The highest BCUT2D eigenvalue weighted by Crippen LogP contribution is 2.32. The van der Waals surface area contributed by atoms with E-state index < -0.39 is 5.82 Å². The van der Waals surface area contributed by atoms with Crippen LogP contribution < -0.4 is 5.32 Å². The predicted molar refractivity (Wildman–Crippen MR) is 119 cm³/mol. The fraction of sp³-hybridized carbons (Fsp3) is 0.0435. The molecule has 29 heavy (non-hydrogen) atoms. The highest BCUT2D eigenvalue weighted by molar-refractivity contribution is 9.10. The molecular weight excluding hydrogens is 455 g/mol. The molecule has 0 bridgehead atoms. The zero-order valence-electron chi connectivity index (χ0n) is 15.3. The molecular formula is C23H15BrClFN2O. The molecule has 0 radical (unpaired) electrons. The number of amides is 1. The summed E-state index contributed by atoms with van der Waals surface area (Å²) in [6.45, 7) is 1.87. The average Bonchev–Trinajstić information content (AvgIpc) is 2.71. The minimum absolute atomic E-state index is 0.00355. The molecule has 1 N–H and O–H groups in total. The van der Waals surface area contributed by atoms with E-state index in [0.29, 0.717) is 22.2 Å². The highest BCUT2D eigenvalue weighted by atomic mass is 79.9. The number of rotatable bonds is 3. The van der Waals surface area contributed by atoms with Crippen LogP contribution in [0.2, 0.25) is 5.02 Å². The van der Waals surface area contributed by atoms with Crippen molar-refractivity contribution in [2.75, 3.05) is 5.32 Å². The maximum atomic E-state index is 13.8. The van der Waals surface area contributed by atoms with Gasteiger partial charge in [0.15, 0.2) is 0 Å². The lowest BCUT2D eigenvalue weighted by Gasteiger charge is -2.15. The first-order valence-electron chi connectivity index (χ1n) is 8.86. The molecule has 0 aliphatic carbocycles. The Morgan fingerprint density at radius 3 is 2.55 bits per heavy atom. The lowest BCUT2D eigenvalue weighted by Crippen LogP contribution is -2.15. The topological polar surface area (TPSA) is 42.0 Å². The lowest BCUT2D eigenvalue weighted by atomic mass is 9.97. The van der Waals surface area contributed by atoms with Gasteiger partial charge in [-0.05, 0) is 48.9 Å². The SMILES string of the molecule is Cc1c(-c2ccccc2)nc2ccc(Br)cc2c1C(=O)Nc1ccc(Cl)c(F)c1. The van der Waals surface area contributed by atoms with Gasteiger partial charge in [0.2, 0.25) is 0 Å². The first kappa shape index (κ1) is 19.6. The van der Waals surface area contributed by atoms with Crippen LogP contribution in [0.3, 0.4) is 0 Å². The van der Waals surface area contributed by atoms with Crippen molar-refractivity contribution >= 4 is 50.0 Å². The summed E-state index contributed by atoms with van der Waals surface area (Å²) in [6, 6.07) is 19.5. The van der Waals surface area contributed by atoms with Gasteiger partial charge >= 0.3 is 0 Å². The van der Waals surface area contributed by atoms with Crippen LogP contribution >= 0.6 is 27.5 Å². The normalized spacial score (nSPS) is 10.9. The first-order valence-corrected chi connectivity index (χ1v) is 10.0. The minimum atomic E-state index is -0.589. The molecule has 0 fully saturated rings. The van der Waals surface area contributed by atoms with Gasteiger partial charge in [0.25, 0.3) is 5.91 Å². The third-order valence-electron chi connectivity index (χ3n) is 4.64. The second kappa shape index (κ2) is 7.93. The zero-order chi connectivity index (χ0) is 20.5. The second-order valence-corrected chi connectivity index (χ2v) is 7.89. The number of carbonyl (C=O) groups excluding carboxylic acids is 1. The summed E-state index contributed by atoms with van der Waals surface area (Å²) in [5.74, 6) is -0.930. The van der Waals surface area contributed by atoms with Gasteiger partial charge in [-0.15, -0.1) is 0 Å². The third kappa shape index (κ3) is 3.88. The van der Waals surface area contributed by atoms with Crippen molar-refractivity contribution in [1.29, 1.82) is 0 Å². The van der Waals surface area contributed by atoms with Gasteiger partial charge in [0.1, 0.15) is 5.82 Å². The van der Waals surface area contributed by atoms with Gasteiger partial charge < -0.3 is 5.32 Å². The van der Waals surface area contributed by atoms with Crippen LogP contribution in [-0.2, 0) is 0 Å². The van der Waals surface area contributed by atoms with E-state index in [4.69, 9.17) is 16.6 Å². The van der Waals surface area contributed by atoms with E-state index in [9.17, 15) is 9.18 Å². The molecule has 3 aromatic carbocycles. The molecule has 0 unspecified atom stereocenters. The van der Waals surface area contributed by atoms with Crippen LogP contribution in [0.4, 0.5) is 10.1 Å². The fourth-order valence-electron chi connectivity index (χ4n) is 3.27. The van der Waals surface area contributed by atoms with Gasteiger partial charge in [-0.25, -0.2) is 9.37 Å². The smallest absolute Gasteiger partial charge is 0.256 e. The molecule has 3 nitrogen and oxygen atoms in total. The average molecular weight is 470 g/mol. The number of hydrogen-bond donors (Lipinski definition) is 1. The molecule has 0 aliphatic rings. The number of anilines is 1. The Hall–Kier alpha value is -2.76. The summed E-state index contributed by atoms with van der Waals surface area (Å²) in [6.07, 6.45) is 0. The number of benzene rings is 3. The Morgan fingerprint density at radius 1 is 1.07 bits per heavy atom. The summed E-state index contributed by atoms with van der Waals surface area (Å²) >= 11 is 9.21. The number of nitrogens with one attached hydrogen (secondary N) is 1. The number of aromatic nitrogens is 1. The van der Waals surface area contributed by atoms with Gasteiger partial charge in [-0.2, -0.15) is 0 Å². The van der Waals surface area contributed by atoms with E-state index in [-0.39, 0.29) is 10.9 Å². The summed E-state index contributed by atoms with van der Waals surface area (Å²) in [7, 11) is 0. The summed E-state index contributed by atoms with van der Waals surface area (Å²) in [5.41, 5.74) is 3.91. The molecule has 0 atom stereocenters. The number of fused-ring (bicyclic) bond motifs is 1. The van der Waals surface area contributed by atoms with Crippen molar-refractivity contribution in [3.8, 4) is 11.3 Å². The van der Waals surface area contributed by atoms with Crippen LogP contribution in [-0.4, -0.2) is 10.9 Å². The van der Waals surface area contributed by atoms with Crippen LogP contribution in [0, 0.1) is 12.7 Å². The Morgan fingerprint density at radius 2 is 1.83 bits per heavy atom. The summed E-state index contributed by atoms with van der Waals surface area (Å²) < 4.78 is 14.6. The zero-order valence-corrected chi connectivity index (χ0v) is 17.7. The molecule has 1 heterocycles. The van der Waals surface area contributed by atoms with Gasteiger partial charge in [0.05, 0.1) is 21.8 Å². The van der Waals surface area contributed by atoms with Gasteiger partial charge in [0, 0.05) is 21.1 Å². The molecule has 0 saturated carbocycles. The van der Waals surface area contributed by atoms with E-state index >= 15 is 0 Å². The molecule has 144 valence electrons. The summed E-state index contributed by atoms with van der Waals surface area (Å²) in [4.78, 5) is 18.0. The first-order chi connectivity index (χ1) is 13.9. The van der Waals surface area contributed by atoms with Crippen molar-refractivity contribution in [1.82, 2.24) is 4.98 Å². The molecule has 0 spiro atoms. The second-order valence-electron chi connectivity index (χ2n) is 6.57. The van der Waals surface area contributed by atoms with E-state index in [0.717, 1.165) is 21.3 Å². The van der Waals surface area contributed by atoms with E-state index in [2.05, 4.69) is 21.2 Å². The molecule has 4 aromatic rings. The highest BCUT2D eigenvalue weighted by Gasteiger charge is 2.19. The van der Waals surface area contributed by atoms with Gasteiger partial charge in [-0.3, -0.25) is 4.79 Å². The number of hydrogen-bond acceptors (Lipinski definition) is 2. The van der Waals surface area contributed by atoms with Crippen molar-refractivity contribution in [2.24, 2.45) is 0 Å². The minimum Gasteiger partial charge on any atom is -0.322 e. The predicted octanol–water partition coefficient (Wildman–Crippen LogP) is 7.02. The van der Waals surface area contributed by atoms with Crippen molar-refractivity contribution in [3.63, 3.8) is 0 Å². The van der Waals surface area contributed by atoms with Crippen molar-refractivity contribution < 1.29 is 9.18 Å². The number of halogens is 3. The van der Waals surface area contributed by atoms with Crippen molar-refractivity contribution in [3.05, 3.63) is 93.2 Å². The van der Waals surface area contributed by atoms with E-state index in [1.165, 1.54) is 12.1 Å². The fourth-order valence-corrected chi connectivity index (χ4v) is 3.75. The van der Waals surface area contributed by atoms with Crippen LogP contribution in [0.15, 0.2) is 71.2 Å². The molecule has 4 rings (SSSR count). The molecule has 1 amide bonds. The standard InChI is InChI=1S/C23H15BrClFN2O/c1-13-21(23(29)27-16-8-9-18(25)19(26)12-16)17-11-15(24)7-10-20(17)28-22(13)14-5-3-2-4-6-14/h2-12H,1H3,(H,27,29). The van der Waals surface area contributed by atoms with E-state index in [1.807, 2.05) is 55.5 Å². The molecule has 0 aliphatic heterocycles. The largest absolute Gasteiger partial charge is 0.322 e.